The summed E-state index contributed by atoms with van der Waals surface area (Å²) in [6, 6.07) is 4.89. The van der Waals surface area contributed by atoms with Crippen LogP contribution in [0.25, 0.3) is 11.4 Å². The summed E-state index contributed by atoms with van der Waals surface area (Å²) in [5.74, 6) is 0.962. The second-order valence-corrected chi connectivity index (χ2v) is 5.23. The Kier molecular flexibility index (Phi) is 3.44. The average Bonchev–Trinajstić information content (AvgIpc) is 3.06. The lowest BCUT2D eigenvalue weighted by Crippen LogP contribution is -2.16. The minimum absolute atomic E-state index is 0.0305. The zero-order valence-corrected chi connectivity index (χ0v) is 11.3. The Bertz CT molecular complexity index is 638. The molecule has 3 rings (SSSR count). The monoisotopic (exact) mass is 297 g/mol. The van der Waals surface area contributed by atoms with Crippen LogP contribution in [0.15, 0.2) is 28.8 Å². The standard InChI is InChI=1S/C14H14F3N3O/c1-8-5-6-18-11(8)13-19-12(20-21-13)9-3-2-4-10(7-9)14(15,16)17/h2-4,7-8,11,18H,5-6H2,1H3. The van der Waals surface area contributed by atoms with Gasteiger partial charge in [0.2, 0.25) is 11.7 Å². The van der Waals surface area contributed by atoms with Crippen LogP contribution in [0, 0.1) is 5.92 Å². The Balaban J connectivity index is 1.90. The topological polar surface area (TPSA) is 51.0 Å². The minimum Gasteiger partial charge on any atom is -0.337 e. The van der Waals surface area contributed by atoms with Gasteiger partial charge in [-0.05, 0) is 31.0 Å². The molecule has 1 aromatic heterocycles. The molecule has 1 fully saturated rings. The van der Waals surface area contributed by atoms with Crippen LogP contribution in [0.4, 0.5) is 13.2 Å². The maximum absolute atomic E-state index is 12.7. The molecule has 2 atom stereocenters. The van der Waals surface area contributed by atoms with Gasteiger partial charge in [0.05, 0.1) is 11.6 Å². The first kappa shape index (κ1) is 14.1. The van der Waals surface area contributed by atoms with Crippen LogP contribution in [0.1, 0.15) is 30.8 Å². The van der Waals surface area contributed by atoms with Crippen LogP contribution in [0.2, 0.25) is 0 Å². The average molecular weight is 297 g/mol. The van der Waals surface area contributed by atoms with E-state index in [1.165, 1.54) is 12.1 Å². The Morgan fingerprint density at radius 1 is 1.33 bits per heavy atom. The van der Waals surface area contributed by atoms with E-state index in [2.05, 4.69) is 22.4 Å². The van der Waals surface area contributed by atoms with Crippen molar-refractivity contribution >= 4 is 0 Å². The third kappa shape index (κ3) is 2.78. The molecule has 1 aliphatic rings. The van der Waals surface area contributed by atoms with Crippen molar-refractivity contribution in [1.82, 2.24) is 15.5 Å². The van der Waals surface area contributed by atoms with Gasteiger partial charge in [-0.3, -0.25) is 0 Å². The highest BCUT2D eigenvalue weighted by Crippen LogP contribution is 2.33. The van der Waals surface area contributed by atoms with Gasteiger partial charge in [0.15, 0.2) is 0 Å². The number of aromatic nitrogens is 2. The van der Waals surface area contributed by atoms with Crippen LogP contribution in [-0.2, 0) is 6.18 Å². The number of nitrogens with one attached hydrogen (secondary N) is 1. The quantitative estimate of drug-likeness (QED) is 0.922. The van der Waals surface area contributed by atoms with Crippen molar-refractivity contribution in [3.05, 3.63) is 35.7 Å². The lowest BCUT2D eigenvalue weighted by Gasteiger charge is -2.09. The smallest absolute Gasteiger partial charge is 0.337 e. The predicted molar refractivity (Wildman–Crippen MR) is 69.3 cm³/mol. The first-order valence-corrected chi connectivity index (χ1v) is 6.70. The fourth-order valence-corrected chi connectivity index (χ4v) is 2.48. The van der Waals surface area contributed by atoms with E-state index < -0.39 is 11.7 Å². The molecular weight excluding hydrogens is 283 g/mol. The summed E-state index contributed by atoms with van der Waals surface area (Å²) in [6.45, 7) is 2.94. The Hall–Kier alpha value is -1.89. The zero-order chi connectivity index (χ0) is 15.0. The highest BCUT2D eigenvalue weighted by atomic mass is 19.4. The maximum atomic E-state index is 12.7. The minimum atomic E-state index is -4.38. The van der Waals surface area contributed by atoms with Crippen LogP contribution in [0.5, 0.6) is 0 Å². The van der Waals surface area contributed by atoms with Crippen molar-refractivity contribution in [1.29, 1.82) is 0 Å². The lowest BCUT2D eigenvalue weighted by molar-refractivity contribution is -0.137. The van der Waals surface area contributed by atoms with E-state index in [9.17, 15) is 13.2 Å². The van der Waals surface area contributed by atoms with Gasteiger partial charge in [-0.1, -0.05) is 24.2 Å². The number of nitrogens with zero attached hydrogens (tertiary/aromatic N) is 2. The van der Waals surface area contributed by atoms with Crippen molar-refractivity contribution in [3.63, 3.8) is 0 Å². The van der Waals surface area contributed by atoms with Crippen molar-refractivity contribution in [2.24, 2.45) is 5.92 Å². The number of benzene rings is 1. The van der Waals surface area contributed by atoms with Crippen molar-refractivity contribution in [2.75, 3.05) is 6.54 Å². The maximum Gasteiger partial charge on any atom is 0.416 e. The summed E-state index contributed by atoms with van der Waals surface area (Å²) < 4.78 is 43.3. The zero-order valence-electron chi connectivity index (χ0n) is 11.3. The molecular formula is C14H14F3N3O. The van der Waals surface area contributed by atoms with Crippen LogP contribution >= 0.6 is 0 Å². The van der Waals surface area contributed by atoms with Crippen LogP contribution in [-0.4, -0.2) is 16.7 Å². The molecule has 1 aliphatic heterocycles. The molecule has 0 saturated carbocycles. The lowest BCUT2D eigenvalue weighted by atomic mass is 10.0. The first-order chi connectivity index (χ1) is 9.95. The van der Waals surface area contributed by atoms with Crippen molar-refractivity contribution in [3.8, 4) is 11.4 Å². The van der Waals surface area contributed by atoms with Crippen LogP contribution < -0.4 is 5.32 Å². The summed E-state index contributed by atoms with van der Waals surface area (Å²) >= 11 is 0. The highest BCUT2D eigenvalue weighted by Gasteiger charge is 2.32. The summed E-state index contributed by atoms with van der Waals surface area (Å²) in [6.07, 6.45) is -3.38. The second kappa shape index (κ2) is 5.14. The largest absolute Gasteiger partial charge is 0.416 e. The molecule has 2 unspecified atom stereocenters. The van der Waals surface area contributed by atoms with Crippen molar-refractivity contribution < 1.29 is 17.7 Å². The molecule has 0 radical (unpaired) electrons. The molecule has 1 N–H and O–H groups in total. The van der Waals surface area contributed by atoms with Gasteiger partial charge >= 0.3 is 6.18 Å². The summed E-state index contributed by atoms with van der Waals surface area (Å²) in [5, 5.41) is 7.04. The molecule has 0 amide bonds. The summed E-state index contributed by atoms with van der Waals surface area (Å²) in [4.78, 5) is 4.23. The number of rotatable bonds is 2. The molecule has 2 aromatic rings. The predicted octanol–water partition coefficient (Wildman–Crippen LogP) is 3.43. The van der Waals surface area contributed by atoms with Gasteiger partial charge in [-0.25, -0.2) is 0 Å². The van der Waals surface area contributed by atoms with Gasteiger partial charge in [0, 0.05) is 5.56 Å². The number of alkyl halides is 3. The first-order valence-electron chi connectivity index (χ1n) is 6.70. The van der Waals surface area contributed by atoms with Gasteiger partial charge in [0.1, 0.15) is 0 Å². The van der Waals surface area contributed by atoms with Gasteiger partial charge in [-0.2, -0.15) is 18.2 Å². The molecule has 7 heteroatoms. The molecule has 4 nitrogen and oxygen atoms in total. The molecule has 1 aromatic carbocycles. The molecule has 0 spiro atoms. The Labute approximate surface area is 119 Å². The van der Waals surface area contributed by atoms with E-state index in [-0.39, 0.29) is 11.9 Å². The number of halogens is 3. The van der Waals surface area contributed by atoms with Crippen molar-refractivity contribution in [2.45, 2.75) is 25.6 Å². The SMILES string of the molecule is CC1CCNC1c1nc(-c2cccc(C(F)(F)F)c2)no1. The second-order valence-electron chi connectivity index (χ2n) is 5.23. The highest BCUT2D eigenvalue weighted by molar-refractivity contribution is 5.55. The van der Waals surface area contributed by atoms with Gasteiger partial charge < -0.3 is 9.84 Å². The molecule has 2 heterocycles. The van der Waals surface area contributed by atoms with E-state index >= 15 is 0 Å². The van der Waals surface area contributed by atoms with E-state index in [1.54, 1.807) is 0 Å². The van der Waals surface area contributed by atoms with Gasteiger partial charge in [0.25, 0.3) is 0 Å². The fourth-order valence-electron chi connectivity index (χ4n) is 2.48. The number of hydrogen-bond acceptors (Lipinski definition) is 4. The third-order valence-corrected chi connectivity index (χ3v) is 3.69. The molecule has 1 saturated heterocycles. The van der Waals surface area contributed by atoms with E-state index in [0.29, 0.717) is 17.4 Å². The van der Waals surface area contributed by atoms with E-state index in [4.69, 9.17) is 4.52 Å². The Morgan fingerprint density at radius 2 is 2.14 bits per heavy atom. The Morgan fingerprint density at radius 3 is 2.81 bits per heavy atom. The molecule has 112 valence electrons. The molecule has 0 aliphatic carbocycles. The van der Waals surface area contributed by atoms with E-state index in [1.807, 2.05) is 0 Å². The third-order valence-electron chi connectivity index (χ3n) is 3.69. The summed E-state index contributed by atoms with van der Waals surface area (Å²) in [5.41, 5.74) is -0.427. The fraction of sp³-hybridized carbons (Fsp3) is 0.429. The summed E-state index contributed by atoms with van der Waals surface area (Å²) in [7, 11) is 0. The van der Waals surface area contributed by atoms with Crippen LogP contribution in [0.3, 0.4) is 0 Å². The van der Waals surface area contributed by atoms with Gasteiger partial charge in [-0.15, -0.1) is 0 Å². The number of hydrogen-bond donors (Lipinski definition) is 1. The normalized spacial score (nSPS) is 22.7. The van der Waals surface area contributed by atoms with E-state index in [0.717, 1.165) is 25.1 Å². The molecule has 0 bridgehead atoms. The molecule has 21 heavy (non-hydrogen) atoms.